The van der Waals surface area contributed by atoms with Gasteiger partial charge in [0, 0.05) is 11.2 Å². The summed E-state index contributed by atoms with van der Waals surface area (Å²) in [6.07, 6.45) is 18.7. The Balaban J connectivity index is 1.54. The predicted octanol–water partition coefficient (Wildman–Crippen LogP) is 5.70. The Kier molecular flexibility index (Phi) is 6.01. The van der Waals surface area contributed by atoms with E-state index in [-0.39, 0.29) is 5.54 Å². The number of allylic oxidation sites excluding steroid dienone is 2. The first-order valence-electron chi connectivity index (χ1n) is 10.1. The molecule has 2 nitrogen and oxygen atoms in total. The topological polar surface area (TPSA) is 52.0 Å². The van der Waals surface area contributed by atoms with E-state index in [4.69, 9.17) is 11.5 Å². The lowest BCUT2D eigenvalue weighted by atomic mass is 9.68. The molecular weight excluding hydrogens is 304 g/mol. The van der Waals surface area contributed by atoms with Crippen molar-refractivity contribution >= 4 is 11.3 Å². The summed E-state index contributed by atoms with van der Waals surface area (Å²) in [5, 5.41) is 0. The summed E-state index contributed by atoms with van der Waals surface area (Å²) in [5.74, 6) is 1.58. The summed E-state index contributed by atoms with van der Waals surface area (Å²) in [5.41, 5.74) is 15.8. The summed E-state index contributed by atoms with van der Waals surface area (Å²) < 4.78 is 0. The Hall–Kier alpha value is -1.54. The third-order valence-corrected chi connectivity index (χ3v) is 6.32. The van der Waals surface area contributed by atoms with Crippen molar-refractivity contribution in [2.45, 2.75) is 70.3 Å². The molecule has 25 heavy (non-hydrogen) atoms. The molecule has 136 valence electrons. The summed E-state index contributed by atoms with van der Waals surface area (Å²) in [7, 11) is 0. The molecule has 2 heteroatoms. The van der Waals surface area contributed by atoms with Crippen LogP contribution in [0.1, 0.15) is 70.3 Å². The second kappa shape index (κ2) is 8.23. The highest BCUT2D eigenvalue weighted by Crippen LogP contribution is 2.40. The number of hydrogen-bond donors (Lipinski definition) is 2. The molecule has 0 bridgehead atoms. The van der Waals surface area contributed by atoms with Crippen molar-refractivity contribution in [3.8, 4) is 0 Å². The first-order chi connectivity index (χ1) is 12.1. The van der Waals surface area contributed by atoms with Crippen molar-refractivity contribution in [1.29, 1.82) is 0 Å². The SMILES string of the molecule is CCCCC[C@H]1CC[C@H](C2(N)C=CC(c3ccc(N)cc3)=CC2)CC1. The van der Waals surface area contributed by atoms with Crippen molar-refractivity contribution in [3.05, 3.63) is 48.1 Å². The van der Waals surface area contributed by atoms with Gasteiger partial charge in [0.2, 0.25) is 0 Å². The molecule has 0 heterocycles. The van der Waals surface area contributed by atoms with Crippen LogP contribution in [0.2, 0.25) is 0 Å². The fourth-order valence-electron chi connectivity index (χ4n) is 4.53. The molecule has 0 aromatic heterocycles. The third-order valence-electron chi connectivity index (χ3n) is 6.32. The van der Waals surface area contributed by atoms with Crippen LogP contribution in [0.3, 0.4) is 0 Å². The van der Waals surface area contributed by atoms with Gasteiger partial charge < -0.3 is 11.5 Å². The number of anilines is 1. The lowest BCUT2D eigenvalue weighted by molar-refractivity contribution is 0.196. The average molecular weight is 339 g/mol. The van der Waals surface area contributed by atoms with Crippen LogP contribution < -0.4 is 11.5 Å². The van der Waals surface area contributed by atoms with Gasteiger partial charge in [-0.1, -0.05) is 75.8 Å². The number of unbranched alkanes of at least 4 members (excludes halogenated alkanes) is 2. The number of nitrogens with two attached hydrogens (primary N) is 2. The van der Waals surface area contributed by atoms with Crippen molar-refractivity contribution < 1.29 is 0 Å². The van der Waals surface area contributed by atoms with Crippen molar-refractivity contribution in [3.63, 3.8) is 0 Å². The molecule has 1 aromatic rings. The van der Waals surface area contributed by atoms with Crippen molar-refractivity contribution in [2.24, 2.45) is 17.6 Å². The number of rotatable bonds is 6. The number of benzene rings is 1. The average Bonchev–Trinajstić information content (AvgIpc) is 2.64. The minimum absolute atomic E-state index is 0.147. The fourth-order valence-corrected chi connectivity index (χ4v) is 4.53. The maximum atomic E-state index is 6.81. The predicted molar refractivity (Wildman–Crippen MR) is 109 cm³/mol. The minimum Gasteiger partial charge on any atom is -0.399 e. The summed E-state index contributed by atoms with van der Waals surface area (Å²) in [6, 6.07) is 8.12. The van der Waals surface area contributed by atoms with Gasteiger partial charge in [0.1, 0.15) is 0 Å². The van der Waals surface area contributed by atoms with Gasteiger partial charge in [-0.05, 0) is 54.4 Å². The van der Waals surface area contributed by atoms with Crippen molar-refractivity contribution in [1.82, 2.24) is 0 Å². The van der Waals surface area contributed by atoms with Gasteiger partial charge in [-0.3, -0.25) is 0 Å². The molecule has 1 saturated carbocycles. The van der Waals surface area contributed by atoms with Crippen LogP contribution in [-0.4, -0.2) is 5.54 Å². The highest BCUT2D eigenvalue weighted by atomic mass is 14.8. The van der Waals surface area contributed by atoms with E-state index in [1.807, 2.05) is 12.1 Å². The zero-order chi connectivity index (χ0) is 17.7. The molecule has 0 aliphatic heterocycles. The molecule has 0 amide bonds. The van der Waals surface area contributed by atoms with Gasteiger partial charge >= 0.3 is 0 Å². The van der Waals surface area contributed by atoms with Gasteiger partial charge in [-0.25, -0.2) is 0 Å². The Morgan fingerprint density at radius 3 is 2.36 bits per heavy atom. The summed E-state index contributed by atoms with van der Waals surface area (Å²) in [6.45, 7) is 2.29. The monoisotopic (exact) mass is 338 g/mol. The molecule has 1 fully saturated rings. The van der Waals surface area contributed by atoms with Crippen LogP contribution in [-0.2, 0) is 0 Å². The molecule has 1 unspecified atom stereocenters. The Bertz CT molecular complexity index is 605. The molecular formula is C23H34N2. The lowest BCUT2D eigenvalue weighted by Gasteiger charge is -2.40. The molecule has 0 radical (unpaired) electrons. The third kappa shape index (κ3) is 4.55. The van der Waals surface area contributed by atoms with Crippen LogP contribution in [0, 0.1) is 11.8 Å². The maximum absolute atomic E-state index is 6.81. The molecule has 4 N–H and O–H groups in total. The Morgan fingerprint density at radius 2 is 1.76 bits per heavy atom. The van der Waals surface area contributed by atoms with Crippen molar-refractivity contribution in [2.75, 3.05) is 5.73 Å². The largest absolute Gasteiger partial charge is 0.399 e. The van der Waals surface area contributed by atoms with Crippen LogP contribution >= 0.6 is 0 Å². The zero-order valence-corrected chi connectivity index (χ0v) is 15.7. The second-order valence-corrected chi connectivity index (χ2v) is 8.14. The zero-order valence-electron chi connectivity index (χ0n) is 15.7. The van der Waals surface area contributed by atoms with Crippen LogP contribution in [0.5, 0.6) is 0 Å². The highest BCUT2D eigenvalue weighted by molar-refractivity contribution is 5.76. The molecule has 2 aliphatic carbocycles. The fraction of sp³-hybridized carbons (Fsp3) is 0.565. The standard InChI is InChI=1S/C23H34N2/c1-2-3-4-5-18-6-10-21(11-7-18)23(25)16-14-20(15-17-23)19-8-12-22(24)13-9-19/h8-9,12-16,18,21H,2-7,10-11,17,24-25H2,1H3/t18-,21-,23?. The van der Waals surface area contributed by atoms with Crippen LogP contribution in [0.4, 0.5) is 5.69 Å². The molecule has 1 aromatic carbocycles. The minimum atomic E-state index is -0.147. The first kappa shape index (κ1) is 18.3. The van der Waals surface area contributed by atoms with Gasteiger partial charge in [0.05, 0.1) is 0 Å². The highest BCUT2D eigenvalue weighted by Gasteiger charge is 2.35. The van der Waals surface area contributed by atoms with Crippen LogP contribution in [0.15, 0.2) is 42.5 Å². The second-order valence-electron chi connectivity index (χ2n) is 8.14. The van der Waals surface area contributed by atoms with Gasteiger partial charge in [-0.15, -0.1) is 0 Å². The Morgan fingerprint density at radius 1 is 1.04 bits per heavy atom. The lowest BCUT2D eigenvalue weighted by Crippen LogP contribution is -2.47. The Labute approximate surface area is 153 Å². The van der Waals surface area contributed by atoms with E-state index in [1.165, 1.54) is 62.5 Å². The van der Waals surface area contributed by atoms with E-state index < -0.39 is 0 Å². The maximum Gasteiger partial charge on any atom is 0.0406 e. The molecule has 1 atom stereocenters. The van der Waals surface area contributed by atoms with Gasteiger partial charge in [0.25, 0.3) is 0 Å². The normalized spacial score (nSPS) is 29.4. The van der Waals surface area contributed by atoms with E-state index in [0.717, 1.165) is 18.0 Å². The summed E-state index contributed by atoms with van der Waals surface area (Å²) >= 11 is 0. The molecule has 0 saturated heterocycles. The molecule has 2 aliphatic rings. The molecule has 0 spiro atoms. The first-order valence-corrected chi connectivity index (χ1v) is 10.1. The van der Waals surface area contributed by atoms with E-state index in [9.17, 15) is 0 Å². The van der Waals surface area contributed by atoms with Crippen LogP contribution in [0.25, 0.3) is 5.57 Å². The molecule has 3 rings (SSSR count). The van der Waals surface area contributed by atoms with Gasteiger partial charge in [0.15, 0.2) is 0 Å². The number of nitrogen functional groups attached to an aromatic ring is 1. The summed E-state index contributed by atoms with van der Waals surface area (Å²) in [4.78, 5) is 0. The van der Waals surface area contributed by atoms with Gasteiger partial charge in [-0.2, -0.15) is 0 Å². The van der Waals surface area contributed by atoms with E-state index in [0.29, 0.717) is 5.92 Å². The smallest absolute Gasteiger partial charge is 0.0406 e. The van der Waals surface area contributed by atoms with E-state index in [2.05, 4.69) is 37.3 Å². The number of hydrogen-bond acceptors (Lipinski definition) is 2. The van der Waals surface area contributed by atoms with E-state index >= 15 is 0 Å². The van der Waals surface area contributed by atoms with E-state index in [1.54, 1.807) is 0 Å². The quantitative estimate of drug-likeness (QED) is 0.516.